The summed E-state index contributed by atoms with van der Waals surface area (Å²) in [6, 6.07) is 0. The molecule has 102 valence electrons. The third-order valence-corrected chi connectivity index (χ3v) is 2.91. The standard InChI is InChI=1S/C12H25NO4/c1-5-6-7-17-9-10(14)8-13(4)12(2,3)11(15)16/h10,14H,5-9H2,1-4H3,(H,15,16). The normalized spacial score (nSPS) is 14.0. The van der Waals surface area contributed by atoms with Gasteiger partial charge in [0.15, 0.2) is 0 Å². The zero-order valence-electron chi connectivity index (χ0n) is 11.3. The highest BCUT2D eigenvalue weighted by Gasteiger charge is 2.32. The van der Waals surface area contributed by atoms with Crippen LogP contribution in [0.1, 0.15) is 33.6 Å². The average molecular weight is 247 g/mol. The molecule has 5 nitrogen and oxygen atoms in total. The van der Waals surface area contributed by atoms with Crippen molar-refractivity contribution in [3.05, 3.63) is 0 Å². The van der Waals surface area contributed by atoms with E-state index in [0.29, 0.717) is 6.61 Å². The Labute approximate surface area is 103 Å². The van der Waals surface area contributed by atoms with Gasteiger partial charge in [-0.2, -0.15) is 0 Å². The lowest BCUT2D eigenvalue weighted by atomic mass is 10.0. The molecule has 0 aliphatic heterocycles. The van der Waals surface area contributed by atoms with Crippen molar-refractivity contribution < 1.29 is 19.7 Å². The highest BCUT2D eigenvalue weighted by molar-refractivity contribution is 5.77. The second kappa shape index (κ2) is 7.63. The molecule has 17 heavy (non-hydrogen) atoms. The van der Waals surface area contributed by atoms with E-state index in [9.17, 15) is 9.90 Å². The molecule has 0 rings (SSSR count). The lowest BCUT2D eigenvalue weighted by molar-refractivity contribution is -0.149. The monoisotopic (exact) mass is 247 g/mol. The molecule has 0 aromatic rings. The number of aliphatic hydroxyl groups excluding tert-OH is 1. The van der Waals surface area contributed by atoms with Crippen molar-refractivity contribution >= 4 is 5.97 Å². The second-order valence-corrected chi connectivity index (χ2v) is 4.83. The van der Waals surface area contributed by atoms with Gasteiger partial charge in [-0.1, -0.05) is 13.3 Å². The molecule has 0 saturated carbocycles. The zero-order valence-corrected chi connectivity index (χ0v) is 11.3. The van der Waals surface area contributed by atoms with Crippen molar-refractivity contribution in [3.8, 4) is 0 Å². The molecule has 0 radical (unpaired) electrons. The summed E-state index contributed by atoms with van der Waals surface area (Å²) in [6.07, 6.45) is 1.38. The first-order valence-electron chi connectivity index (χ1n) is 6.02. The van der Waals surface area contributed by atoms with Crippen molar-refractivity contribution in [1.82, 2.24) is 4.90 Å². The van der Waals surface area contributed by atoms with Gasteiger partial charge in [-0.25, -0.2) is 0 Å². The van der Waals surface area contributed by atoms with E-state index in [1.807, 2.05) is 0 Å². The first kappa shape index (κ1) is 16.4. The van der Waals surface area contributed by atoms with Crippen LogP contribution in [0.25, 0.3) is 0 Å². The van der Waals surface area contributed by atoms with Gasteiger partial charge in [0.05, 0.1) is 12.7 Å². The Morgan fingerprint density at radius 3 is 2.53 bits per heavy atom. The molecule has 0 fully saturated rings. The summed E-state index contributed by atoms with van der Waals surface area (Å²) in [4.78, 5) is 12.6. The van der Waals surface area contributed by atoms with Crippen molar-refractivity contribution in [2.45, 2.75) is 45.3 Å². The highest BCUT2D eigenvalue weighted by Crippen LogP contribution is 2.12. The molecule has 0 aliphatic carbocycles. The third-order valence-electron chi connectivity index (χ3n) is 2.91. The van der Waals surface area contributed by atoms with Gasteiger partial charge < -0.3 is 14.9 Å². The van der Waals surface area contributed by atoms with E-state index in [2.05, 4.69) is 6.92 Å². The van der Waals surface area contributed by atoms with Crippen LogP contribution >= 0.6 is 0 Å². The fourth-order valence-corrected chi connectivity index (χ4v) is 1.23. The molecule has 0 aliphatic rings. The maximum atomic E-state index is 11.0. The quantitative estimate of drug-likeness (QED) is 0.594. The zero-order chi connectivity index (χ0) is 13.5. The van der Waals surface area contributed by atoms with Crippen LogP contribution in [0, 0.1) is 0 Å². The Bertz CT molecular complexity index is 231. The number of rotatable bonds is 9. The SMILES string of the molecule is CCCCOCC(O)CN(C)C(C)(C)C(=O)O. The van der Waals surface area contributed by atoms with Crippen molar-refractivity contribution in [2.75, 3.05) is 26.8 Å². The predicted octanol–water partition coefficient (Wildman–Crippen LogP) is 0.959. The summed E-state index contributed by atoms with van der Waals surface area (Å²) < 4.78 is 5.29. The predicted molar refractivity (Wildman–Crippen MR) is 66.1 cm³/mol. The van der Waals surface area contributed by atoms with Gasteiger partial charge in [-0.3, -0.25) is 9.69 Å². The number of hydrogen-bond donors (Lipinski definition) is 2. The number of carboxylic acids is 1. The Kier molecular flexibility index (Phi) is 7.34. The van der Waals surface area contributed by atoms with Crippen LogP contribution in [0.2, 0.25) is 0 Å². The highest BCUT2D eigenvalue weighted by atomic mass is 16.5. The number of likely N-dealkylation sites (N-methyl/N-ethyl adjacent to an activating group) is 1. The largest absolute Gasteiger partial charge is 0.480 e. The number of hydrogen-bond acceptors (Lipinski definition) is 4. The van der Waals surface area contributed by atoms with E-state index in [-0.39, 0.29) is 13.2 Å². The Hall–Kier alpha value is -0.650. The molecule has 0 amide bonds. The van der Waals surface area contributed by atoms with Crippen LogP contribution in [-0.4, -0.2) is 59.5 Å². The lowest BCUT2D eigenvalue weighted by Gasteiger charge is -2.32. The van der Waals surface area contributed by atoms with E-state index < -0.39 is 17.6 Å². The number of unbranched alkanes of at least 4 members (excludes halogenated alkanes) is 1. The number of β-amino-alcohol motifs (C(OH)–C–C–N with tert-alkyl or cyclic N) is 1. The first-order valence-corrected chi connectivity index (χ1v) is 6.02. The Morgan fingerprint density at radius 1 is 1.47 bits per heavy atom. The van der Waals surface area contributed by atoms with Crippen LogP contribution < -0.4 is 0 Å². The van der Waals surface area contributed by atoms with Crippen LogP contribution in [0.4, 0.5) is 0 Å². The molecule has 5 heteroatoms. The van der Waals surface area contributed by atoms with Gasteiger partial charge in [-0.05, 0) is 27.3 Å². The van der Waals surface area contributed by atoms with Gasteiger partial charge in [0.1, 0.15) is 5.54 Å². The number of ether oxygens (including phenoxy) is 1. The molecule has 1 atom stereocenters. The molecule has 1 unspecified atom stereocenters. The summed E-state index contributed by atoms with van der Waals surface area (Å²) in [5, 5.41) is 18.7. The van der Waals surface area contributed by atoms with E-state index in [1.54, 1.807) is 25.8 Å². The van der Waals surface area contributed by atoms with Gasteiger partial charge in [-0.15, -0.1) is 0 Å². The summed E-state index contributed by atoms with van der Waals surface area (Å²) in [5.74, 6) is -0.904. The number of carbonyl (C=O) groups is 1. The summed E-state index contributed by atoms with van der Waals surface area (Å²) in [5.41, 5.74) is -0.982. The van der Waals surface area contributed by atoms with E-state index in [0.717, 1.165) is 12.8 Å². The minimum absolute atomic E-state index is 0.250. The number of aliphatic hydroxyl groups is 1. The van der Waals surface area contributed by atoms with Crippen LogP contribution in [0.15, 0.2) is 0 Å². The maximum Gasteiger partial charge on any atom is 0.323 e. The fourth-order valence-electron chi connectivity index (χ4n) is 1.23. The fraction of sp³-hybridized carbons (Fsp3) is 0.917. The maximum absolute atomic E-state index is 11.0. The average Bonchev–Trinajstić information content (AvgIpc) is 2.24. The van der Waals surface area contributed by atoms with Gasteiger partial charge in [0.2, 0.25) is 0 Å². The Balaban J connectivity index is 3.95. The van der Waals surface area contributed by atoms with Crippen molar-refractivity contribution in [3.63, 3.8) is 0 Å². The van der Waals surface area contributed by atoms with Gasteiger partial charge in [0.25, 0.3) is 0 Å². The number of nitrogens with zero attached hydrogens (tertiary/aromatic N) is 1. The minimum Gasteiger partial charge on any atom is -0.480 e. The minimum atomic E-state index is -0.982. The molecule has 0 aromatic heterocycles. The second-order valence-electron chi connectivity index (χ2n) is 4.83. The molecular formula is C12H25NO4. The summed E-state index contributed by atoms with van der Waals surface area (Å²) >= 11 is 0. The van der Waals surface area contributed by atoms with Gasteiger partial charge >= 0.3 is 5.97 Å². The smallest absolute Gasteiger partial charge is 0.323 e. The molecule has 2 N–H and O–H groups in total. The molecular weight excluding hydrogens is 222 g/mol. The number of aliphatic carboxylic acids is 1. The van der Waals surface area contributed by atoms with E-state index in [4.69, 9.17) is 9.84 Å². The molecule has 0 aromatic carbocycles. The van der Waals surface area contributed by atoms with Crippen molar-refractivity contribution in [2.24, 2.45) is 0 Å². The molecule has 0 saturated heterocycles. The van der Waals surface area contributed by atoms with Crippen LogP contribution in [0.5, 0.6) is 0 Å². The Morgan fingerprint density at radius 2 is 2.06 bits per heavy atom. The summed E-state index contributed by atoms with van der Waals surface area (Å²) in [7, 11) is 1.68. The van der Waals surface area contributed by atoms with Crippen LogP contribution in [-0.2, 0) is 9.53 Å². The number of carboxylic acid groups (broad SMARTS) is 1. The molecule has 0 spiro atoms. The molecule has 0 bridgehead atoms. The first-order chi connectivity index (χ1) is 7.82. The third kappa shape index (κ3) is 6.00. The molecule has 0 heterocycles. The van der Waals surface area contributed by atoms with Crippen LogP contribution in [0.3, 0.4) is 0 Å². The van der Waals surface area contributed by atoms with Gasteiger partial charge in [0, 0.05) is 13.2 Å². The lowest BCUT2D eigenvalue weighted by Crippen LogP contribution is -2.51. The van der Waals surface area contributed by atoms with E-state index in [1.165, 1.54) is 0 Å². The van der Waals surface area contributed by atoms with Crippen molar-refractivity contribution in [1.29, 1.82) is 0 Å². The topological polar surface area (TPSA) is 70.0 Å². The van der Waals surface area contributed by atoms with E-state index >= 15 is 0 Å². The summed E-state index contributed by atoms with van der Waals surface area (Å²) in [6.45, 7) is 6.47.